The molecule has 3 heteroatoms. The predicted molar refractivity (Wildman–Crippen MR) is 63.9 cm³/mol. The van der Waals surface area contributed by atoms with Crippen LogP contribution in [0.15, 0.2) is 0 Å². The van der Waals surface area contributed by atoms with Gasteiger partial charge in [-0.15, -0.1) is 0 Å². The van der Waals surface area contributed by atoms with Crippen LogP contribution < -0.4 is 5.73 Å². The Hall–Kier alpha value is -0.120. The van der Waals surface area contributed by atoms with Crippen molar-refractivity contribution in [2.75, 3.05) is 20.2 Å². The molecule has 0 aromatic heterocycles. The molecule has 0 bridgehead atoms. The Labute approximate surface area is 94.0 Å². The molecule has 15 heavy (non-hydrogen) atoms. The van der Waals surface area contributed by atoms with Crippen molar-refractivity contribution in [3.63, 3.8) is 0 Å². The van der Waals surface area contributed by atoms with Gasteiger partial charge in [0.25, 0.3) is 0 Å². The highest BCUT2D eigenvalue weighted by molar-refractivity contribution is 4.79. The van der Waals surface area contributed by atoms with Gasteiger partial charge in [-0.2, -0.15) is 0 Å². The van der Waals surface area contributed by atoms with E-state index >= 15 is 0 Å². The Kier molecular flexibility index (Phi) is 5.58. The maximum Gasteiger partial charge on any atom is 0.0596 e. The van der Waals surface area contributed by atoms with Gasteiger partial charge < -0.3 is 15.4 Å². The molecule has 90 valence electrons. The van der Waals surface area contributed by atoms with Crippen molar-refractivity contribution in [2.24, 2.45) is 5.73 Å². The lowest BCUT2D eigenvalue weighted by Crippen LogP contribution is -2.40. The van der Waals surface area contributed by atoms with Crippen molar-refractivity contribution in [2.45, 2.75) is 57.7 Å². The zero-order valence-electron chi connectivity index (χ0n) is 10.4. The van der Waals surface area contributed by atoms with Gasteiger partial charge in [0.15, 0.2) is 0 Å². The van der Waals surface area contributed by atoms with Gasteiger partial charge in [0.05, 0.1) is 12.7 Å². The molecule has 1 rings (SSSR count). The summed E-state index contributed by atoms with van der Waals surface area (Å²) < 4.78 is 5.56. The van der Waals surface area contributed by atoms with Gasteiger partial charge >= 0.3 is 0 Å². The summed E-state index contributed by atoms with van der Waals surface area (Å²) in [5.41, 5.74) is 5.89. The van der Waals surface area contributed by atoms with Crippen LogP contribution in [0.2, 0.25) is 0 Å². The zero-order valence-corrected chi connectivity index (χ0v) is 10.4. The third kappa shape index (κ3) is 4.96. The first-order valence-corrected chi connectivity index (χ1v) is 6.17. The van der Waals surface area contributed by atoms with Gasteiger partial charge in [0, 0.05) is 18.6 Å². The molecule has 0 saturated heterocycles. The van der Waals surface area contributed by atoms with Crippen molar-refractivity contribution >= 4 is 0 Å². The van der Waals surface area contributed by atoms with E-state index in [0.717, 1.165) is 19.2 Å². The summed E-state index contributed by atoms with van der Waals surface area (Å²) in [5.74, 6) is 0. The van der Waals surface area contributed by atoms with Crippen LogP contribution in [-0.4, -0.2) is 43.3 Å². The van der Waals surface area contributed by atoms with E-state index in [1.54, 1.807) is 0 Å². The smallest absolute Gasteiger partial charge is 0.0596 e. The lowest BCUT2D eigenvalue weighted by atomic mass is 9.91. The predicted octanol–water partition coefficient (Wildman–Crippen LogP) is 1.61. The van der Waals surface area contributed by atoms with E-state index < -0.39 is 0 Å². The third-order valence-corrected chi connectivity index (χ3v) is 3.26. The summed E-state index contributed by atoms with van der Waals surface area (Å²) >= 11 is 0. The Bertz CT molecular complexity index is 165. The molecule has 0 aromatic carbocycles. The molecule has 0 unspecified atom stereocenters. The minimum absolute atomic E-state index is 0.346. The van der Waals surface area contributed by atoms with Crippen LogP contribution in [0.25, 0.3) is 0 Å². The minimum atomic E-state index is 0.346. The highest BCUT2D eigenvalue weighted by Crippen LogP contribution is 2.20. The van der Waals surface area contributed by atoms with E-state index in [-0.39, 0.29) is 0 Å². The first-order chi connectivity index (χ1) is 7.09. The third-order valence-electron chi connectivity index (χ3n) is 3.26. The van der Waals surface area contributed by atoms with E-state index in [1.807, 2.05) is 0 Å². The summed E-state index contributed by atoms with van der Waals surface area (Å²) in [4.78, 5) is 2.42. The molecule has 0 aliphatic heterocycles. The Morgan fingerprint density at radius 1 is 1.27 bits per heavy atom. The van der Waals surface area contributed by atoms with Crippen LogP contribution in [0.3, 0.4) is 0 Å². The first-order valence-electron chi connectivity index (χ1n) is 6.17. The molecule has 0 spiro atoms. The van der Waals surface area contributed by atoms with Gasteiger partial charge in [0.1, 0.15) is 0 Å². The highest BCUT2D eigenvalue weighted by Gasteiger charge is 2.21. The lowest BCUT2D eigenvalue weighted by molar-refractivity contribution is 0.0509. The summed E-state index contributed by atoms with van der Waals surface area (Å²) in [6, 6.07) is 1.17. The Balaban J connectivity index is 2.13. The van der Waals surface area contributed by atoms with Crippen LogP contribution in [-0.2, 0) is 4.74 Å². The second-order valence-corrected chi connectivity index (χ2v) is 4.97. The van der Waals surface area contributed by atoms with Crippen LogP contribution in [0, 0.1) is 0 Å². The molecular weight excluding hydrogens is 188 g/mol. The van der Waals surface area contributed by atoms with Crippen molar-refractivity contribution < 1.29 is 4.74 Å². The molecule has 0 radical (unpaired) electrons. The summed E-state index contributed by atoms with van der Waals surface area (Å²) in [6.07, 6.45) is 5.21. The molecule has 1 aliphatic carbocycles. The van der Waals surface area contributed by atoms with Crippen LogP contribution in [0.1, 0.15) is 39.5 Å². The van der Waals surface area contributed by atoms with Gasteiger partial charge in [-0.1, -0.05) is 0 Å². The maximum atomic E-state index is 5.89. The second kappa shape index (κ2) is 6.46. The number of likely N-dealkylation sites (N-methyl/N-ethyl adjacent to an activating group) is 1. The van der Waals surface area contributed by atoms with E-state index in [2.05, 4.69) is 25.8 Å². The lowest BCUT2D eigenvalue weighted by Gasteiger charge is -2.33. The molecule has 0 heterocycles. The van der Waals surface area contributed by atoms with E-state index in [1.165, 1.54) is 25.7 Å². The fourth-order valence-electron chi connectivity index (χ4n) is 2.16. The van der Waals surface area contributed by atoms with Gasteiger partial charge in [0.2, 0.25) is 0 Å². The number of nitrogens with two attached hydrogens (primary N) is 1. The Morgan fingerprint density at radius 3 is 2.40 bits per heavy atom. The topological polar surface area (TPSA) is 38.5 Å². The minimum Gasteiger partial charge on any atom is -0.377 e. The second-order valence-electron chi connectivity index (χ2n) is 4.97. The largest absolute Gasteiger partial charge is 0.377 e. The van der Waals surface area contributed by atoms with Crippen molar-refractivity contribution in [3.05, 3.63) is 0 Å². The molecule has 2 N–H and O–H groups in total. The van der Waals surface area contributed by atoms with Gasteiger partial charge in [-0.25, -0.2) is 0 Å². The summed E-state index contributed by atoms with van der Waals surface area (Å²) in [5, 5.41) is 0. The number of hydrogen-bond donors (Lipinski definition) is 1. The molecule has 0 aromatic rings. The fourth-order valence-corrected chi connectivity index (χ4v) is 2.16. The molecular formula is C12H26N2O. The van der Waals surface area contributed by atoms with E-state index in [9.17, 15) is 0 Å². The van der Waals surface area contributed by atoms with Crippen LogP contribution in [0.4, 0.5) is 0 Å². The normalized spacial score (nSPS) is 27.6. The number of hydrogen-bond acceptors (Lipinski definition) is 3. The van der Waals surface area contributed by atoms with Crippen LogP contribution in [0.5, 0.6) is 0 Å². The number of rotatable bonds is 5. The van der Waals surface area contributed by atoms with Crippen molar-refractivity contribution in [1.82, 2.24) is 4.90 Å². The monoisotopic (exact) mass is 214 g/mol. The van der Waals surface area contributed by atoms with E-state index in [0.29, 0.717) is 12.1 Å². The van der Waals surface area contributed by atoms with E-state index in [4.69, 9.17) is 10.5 Å². The van der Waals surface area contributed by atoms with Crippen molar-refractivity contribution in [3.8, 4) is 0 Å². The maximum absolute atomic E-state index is 5.89. The summed E-state index contributed by atoms with van der Waals surface area (Å²) in [6.45, 7) is 6.05. The summed E-state index contributed by atoms with van der Waals surface area (Å²) in [7, 11) is 2.20. The van der Waals surface area contributed by atoms with Crippen molar-refractivity contribution in [1.29, 1.82) is 0 Å². The zero-order chi connectivity index (χ0) is 11.3. The van der Waals surface area contributed by atoms with Crippen LogP contribution >= 0.6 is 0 Å². The van der Waals surface area contributed by atoms with Gasteiger partial charge in [-0.3, -0.25) is 0 Å². The average Bonchev–Trinajstić information content (AvgIpc) is 2.18. The number of ether oxygens (including phenoxy) is 1. The molecule has 0 atom stereocenters. The average molecular weight is 214 g/mol. The quantitative estimate of drug-likeness (QED) is 0.755. The molecule has 1 aliphatic rings. The number of nitrogens with zero attached hydrogens (tertiary/aromatic N) is 1. The Morgan fingerprint density at radius 2 is 1.87 bits per heavy atom. The SMILES string of the molecule is CC(C)OCCN(C)C1CCC(N)CC1. The highest BCUT2D eigenvalue weighted by atomic mass is 16.5. The first kappa shape index (κ1) is 12.9. The fraction of sp³-hybridized carbons (Fsp3) is 1.00. The molecule has 0 amide bonds. The molecule has 3 nitrogen and oxygen atoms in total. The standard InChI is InChI=1S/C12H26N2O/c1-10(2)15-9-8-14(3)12-6-4-11(13)5-7-12/h10-12H,4-9,13H2,1-3H3. The van der Waals surface area contributed by atoms with Gasteiger partial charge in [-0.05, 0) is 46.6 Å². The molecule has 1 saturated carbocycles. The molecule has 1 fully saturated rings.